The first-order valence-electron chi connectivity index (χ1n) is 7.26. The minimum atomic E-state index is -0.723. The molecule has 0 saturated heterocycles. The fraction of sp³-hybridized carbons (Fsp3) is 0.158. The molecule has 0 atom stereocenters. The number of halogens is 1. The number of allylic oxidation sites excluding steroid dienone is 1. The van der Waals surface area contributed by atoms with Gasteiger partial charge in [0.05, 0.1) is 0 Å². The molecule has 0 fully saturated rings. The van der Waals surface area contributed by atoms with Gasteiger partial charge in [0.15, 0.2) is 5.78 Å². The molecule has 3 nitrogen and oxygen atoms in total. The zero-order valence-corrected chi connectivity index (χ0v) is 13.0. The molecule has 0 N–H and O–H groups in total. The van der Waals surface area contributed by atoms with Crippen molar-refractivity contribution in [3.05, 3.63) is 77.6 Å². The Kier molecular flexibility index (Phi) is 5.41. The molecule has 0 amide bonds. The van der Waals surface area contributed by atoms with Crippen LogP contribution in [0.1, 0.15) is 24.2 Å². The van der Waals surface area contributed by atoms with Crippen molar-refractivity contribution in [1.29, 1.82) is 0 Å². The van der Waals surface area contributed by atoms with Crippen LogP contribution >= 0.6 is 0 Å². The van der Waals surface area contributed by atoms with Crippen LogP contribution in [0.4, 0.5) is 4.39 Å². The molecule has 0 aliphatic heterocycles. The summed E-state index contributed by atoms with van der Waals surface area (Å²) in [6, 6.07) is 13.6. The number of ether oxygens (including phenoxy) is 1. The molecule has 0 saturated carbocycles. The van der Waals surface area contributed by atoms with Gasteiger partial charge in [-0.05, 0) is 42.3 Å². The lowest BCUT2D eigenvalue weighted by Crippen LogP contribution is -2.19. The maximum atomic E-state index is 13.0. The highest BCUT2D eigenvalue weighted by molar-refractivity contribution is 6.24. The van der Waals surface area contributed by atoms with E-state index in [4.69, 9.17) is 4.74 Å². The summed E-state index contributed by atoms with van der Waals surface area (Å²) in [6.07, 6.45) is 1.55. The number of carbonyl (C=O) groups is 2. The van der Waals surface area contributed by atoms with Crippen LogP contribution in [0.25, 0.3) is 0 Å². The average Bonchev–Trinajstić information content (AvgIpc) is 2.53. The Labute approximate surface area is 134 Å². The molecule has 2 rings (SSSR count). The van der Waals surface area contributed by atoms with Crippen LogP contribution in [-0.2, 0) is 4.79 Å². The highest BCUT2D eigenvalue weighted by Gasteiger charge is 2.22. The Balaban J connectivity index is 2.28. The lowest BCUT2D eigenvalue weighted by Gasteiger charge is -2.09. The van der Waals surface area contributed by atoms with E-state index in [1.807, 2.05) is 13.8 Å². The molecule has 0 unspecified atom stereocenters. The number of carbonyl (C=O) groups excluding carboxylic acids is 2. The first-order chi connectivity index (χ1) is 11.0. The van der Waals surface area contributed by atoms with Crippen LogP contribution in [0.2, 0.25) is 0 Å². The minimum absolute atomic E-state index is 0.0160. The molecular formula is C19H17FO3. The summed E-state index contributed by atoms with van der Waals surface area (Å²) >= 11 is 0. The largest absolute Gasteiger partial charge is 0.423 e. The van der Waals surface area contributed by atoms with Gasteiger partial charge in [-0.25, -0.2) is 9.18 Å². The van der Waals surface area contributed by atoms with Crippen molar-refractivity contribution in [2.45, 2.75) is 13.8 Å². The van der Waals surface area contributed by atoms with Crippen molar-refractivity contribution in [2.75, 3.05) is 0 Å². The van der Waals surface area contributed by atoms with Gasteiger partial charge in [-0.2, -0.15) is 0 Å². The SMILES string of the molecule is CC(C)/C=C(\C(=O)Oc1ccccc1)C(=O)c1ccc(F)cc1. The number of esters is 1. The topological polar surface area (TPSA) is 43.4 Å². The summed E-state index contributed by atoms with van der Waals surface area (Å²) < 4.78 is 18.2. The molecule has 0 bridgehead atoms. The van der Waals surface area contributed by atoms with E-state index in [0.717, 1.165) is 0 Å². The van der Waals surface area contributed by atoms with Gasteiger partial charge in [0, 0.05) is 5.56 Å². The summed E-state index contributed by atoms with van der Waals surface area (Å²) in [5.74, 6) is -1.31. The third kappa shape index (κ3) is 4.61. The molecule has 2 aromatic rings. The fourth-order valence-electron chi connectivity index (χ4n) is 1.98. The maximum absolute atomic E-state index is 13.0. The Morgan fingerprint density at radius 1 is 1.00 bits per heavy atom. The normalized spacial score (nSPS) is 11.4. The highest BCUT2D eigenvalue weighted by atomic mass is 19.1. The van der Waals surface area contributed by atoms with Crippen molar-refractivity contribution in [2.24, 2.45) is 5.92 Å². The van der Waals surface area contributed by atoms with Gasteiger partial charge in [-0.3, -0.25) is 4.79 Å². The monoisotopic (exact) mass is 312 g/mol. The zero-order valence-electron chi connectivity index (χ0n) is 13.0. The van der Waals surface area contributed by atoms with Gasteiger partial charge in [-0.15, -0.1) is 0 Å². The molecule has 0 spiro atoms. The predicted octanol–water partition coefficient (Wildman–Crippen LogP) is 4.20. The van der Waals surface area contributed by atoms with Gasteiger partial charge in [-0.1, -0.05) is 38.1 Å². The Morgan fingerprint density at radius 2 is 1.61 bits per heavy atom. The van der Waals surface area contributed by atoms with Gasteiger partial charge in [0.1, 0.15) is 17.1 Å². The number of ketones is 1. The molecular weight excluding hydrogens is 295 g/mol. The second-order valence-corrected chi connectivity index (χ2v) is 5.36. The van der Waals surface area contributed by atoms with Crippen molar-refractivity contribution in [1.82, 2.24) is 0 Å². The number of para-hydroxylation sites is 1. The number of hydrogen-bond acceptors (Lipinski definition) is 3. The summed E-state index contributed by atoms with van der Waals surface area (Å²) in [4.78, 5) is 24.9. The summed E-state index contributed by atoms with van der Waals surface area (Å²) in [7, 11) is 0. The van der Waals surface area contributed by atoms with Crippen LogP contribution in [0.5, 0.6) is 5.75 Å². The van der Waals surface area contributed by atoms with E-state index in [1.165, 1.54) is 24.3 Å². The maximum Gasteiger partial charge on any atom is 0.347 e. The van der Waals surface area contributed by atoms with Gasteiger partial charge < -0.3 is 4.74 Å². The first kappa shape index (κ1) is 16.6. The Bertz CT molecular complexity index is 716. The molecule has 0 aromatic heterocycles. The summed E-state index contributed by atoms with van der Waals surface area (Å²) in [6.45, 7) is 3.71. The van der Waals surface area contributed by atoms with Crippen LogP contribution in [-0.4, -0.2) is 11.8 Å². The van der Waals surface area contributed by atoms with Gasteiger partial charge in [0.2, 0.25) is 0 Å². The van der Waals surface area contributed by atoms with E-state index in [0.29, 0.717) is 5.75 Å². The second kappa shape index (κ2) is 7.49. The fourth-order valence-corrected chi connectivity index (χ4v) is 1.98. The molecule has 0 radical (unpaired) electrons. The third-order valence-corrected chi connectivity index (χ3v) is 3.02. The van der Waals surface area contributed by atoms with Crippen LogP contribution in [0, 0.1) is 11.7 Å². The quantitative estimate of drug-likeness (QED) is 0.208. The lowest BCUT2D eigenvalue weighted by molar-refractivity contribution is -0.129. The van der Waals surface area contributed by atoms with Crippen molar-refractivity contribution in [3.8, 4) is 5.75 Å². The van der Waals surface area contributed by atoms with E-state index in [2.05, 4.69) is 0 Å². The van der Waals surface area contributed by atoms with Crippen molar-refractivity contribution < 1.29 is 18.7 Å². The Hall–Kier alpha value is -2.75. The minimum Gasteiger partial charge on any atom is -0.423 e. The number of benzene rings is 2. The van der Waals surface area contributed by atoms with Gasteiger partial charge >= 0.3 is 5.97 Å². The number of Topliss-reactive ketones (excluding diaryl/α,β-unsaturated/α-hetero) is 1. The van der Waals surface area contributed by atoms with Gasteiger partial charge in [0.25, 0.3) is 0 Å². The molecule has 23 heavy (non-hydrogen) atoms. The van der Waals surface area contributed by atoms with Crippen molar-refractivity contribution >= 4 is 11.8 Å². The lowest BCUT2D eigenvalue weighted by atomic mass is 10.00. The molecule has 0 heterocycles. The van der Waals surface area contributed by atoms with E-state index >= 15 is 0 Å². The number of rotatable bonds is 5. The zero-order chi connectivity index (χ0) is 16.8. The summed E-state index contributed by atoms with van der Waals surface area (Å²) in [5, 5.41) is 0. The van der Waals surface area contributed by atoms with Crippen LogP contribution < -0.4 is 4.74 Å². The second-order valence-electron chi connectivity index (χ2n) is 5.36. The summed E-state index contributed by atoms with van der Waals surface area (Å²) in [5.41, 5.74) is 0.179. The van der Waals surface area contributed by atoms with E-state index in [1.54, 1.807) is 36.4 Å². The number of hydrogen-bond donors (Lipinski definition) is 0. The van der Waals surface area contributed by atoms with Crippen molar-refractivity contribution in [3.63, 3.8) is 0 Å². The highest BCUT2D eigenvalue weighted by Crippen LogP contribution is 2.16. The van der Waals surface area contributed by atoms with E-state index < -0.39 is 17.6 Å². The molecule has 118 valence electrons. The molecule has 2 aromatic carbocycles. The van der Waals surface area contributed by atoms with Crippen LogP contribution in [0.15, 0.2) is 66.2 Å². The predicted molar refractivity (Wildman–Crippen MR) is 85.7 cm³/mol. The van der Waals surface area contributed by atoms with E-state index in [9.17, 15) is 14.0 Å². The molecule has 0 aliphatic rings. The average molecular weight is 312 g/mol. The first-order valence-corrected chi connectivity index (χ1v) is 7.26. The van der Waals surface area contributed by atoms with E-state index in [-0.39, 0.29) is 17.1 Å². The van der Waals surface area contributed by atoms with Crippen LogP contribution in [0.3, 0.4) is 0 Å². The standard InChI is InChI=1S/C19H17FO3/c1-13(2)12-17(18(21)14-8-10-15(20)11-9-14)19(22)23-16-6-4-3-5-7-16/h3-13H,1-2H3/b17-12-. The molecule has 0 aliphatic carbocycles. The molecule has 4 heteroatoms. The Morgan fingerprint density at radius 3 is 2.17 bits per heavy atom. The smallest absolute Gasteiger partial charge is 0.347 e. The third-order valence-electron chi connectivity index (χ3n) is 3.02.